The molecule has 1 atom stereocenters. The van der Waals surface area contributed by atoms with Gasteiger partial charge in [-0.3, -0.25) is 4.98 Å². The predicted octanol–water partition coefficient (Wildman–Crippen LogP) is 1.46. The van der Waals surface area contributed by atoms with E-state index in [1.807, 2.05) is 0 Å². The molecule has 0 aliphatic heterocycles. The minimum Gasteiger partial charge on any atom is -0.478 e. The van der Waals surface area contributed by atoms with Gasteiger partial charge < -0.3 is 10.8 Å². The molecule has 1 fully saturated rings. The lowest BCUT2D eigenvalue weighted by Crippen LogP contribution is -2.28. The Hall–Kier alpha value is -2.44. The number of rotatable bonds is 3. The maximum absolute atomic E-state index is 11.0. The summed E-state index contributed by atoms with van der Waals surface area (Å²) < 4.78 is 0. The van der Waals surface area contributed by atoms with Crippen LogP contribution in [0.4, 0.5) is 4.79 Å². The third-order valence-corrected chi connectivity index (χ3v) is 3.27. The van der Waals surface area contributed by atoms with Crippen LogP contribution in [-0.4, -0.2) is 27.8 Å². The van der Waals surface area contributed by atoms with Gasteiger partial charge in [0.15, 0.2) is 0 Å². The average Bonchev–Trinajstić information content (AvgIpc) is 2.45. The first kappa shape index (κ1) is 14.0. The van der Waals surface area contributed by atoms with Gasteiger partial charge in [0.05, 0.1) is 5.56 Å². The van der Waals surface area contributed by atoms with E-state index in [4.69, 9.17) is 10.8 Å². The molecule has 1 aliphatic rings. The van der Waals surface area contributed by atoms with E-state index in [2.05, 4.69) is 15.5 Å². The highest BCUT2D eigenvalue weighted by atomic mass is 16.4. The minimum absolute atomic E-state index is 0.0742. The van der Waals surface area contributed by atoms with Gasteiger partial charge in [0, 0.05) is 23.5 Å². The summed E-state index contributed by atoms with van der Waals surface area (Å²) in [6, 6.07) is 2.29. The Balaban J connectivity index is 2.27. The van der Waals surface area contributed by atoms with Crippen molar-refractivity contribution in [3.8, 4) is 0 Å². The summed E-state index contributed by atoms with van der Waals surface area (Å²) in [7, 11) is 0. The van der Waals surface area contributed by atoms with Crippen molar-refractivity contribution in [2.75, 3.05) is 0 Å². The molecule has 0 spiro atoms. The van der Waals surface area contributed by atoms with E-state index in [0.717, 1.165) is 31.4 Å². The molecule has 0 aromatic carbocycles. The summed E-state index contributed by atoms with van der Waals surface area (Å²) >= 11 is 0. The van der Waals surface area contributed by atoms with Crippen molar-refractivity contribution in [3.05, 3.63) is 29.6 Å². The van der Waals surface area contributed by atoms with Crippen LogP contribution in [-0.2, 0) is 0 Å². The number of primary amides is 1. The number of carboxylic acid groups (broad SMARTS) is 1. The van der Waals surface area contributed by atoms with Crippen LogP contribution in [0.2, 0.25) is 0 Å². The van der Waals surface area contributed by atoms with Crippen molar-refractivity contribution < 1.29 is 14.7 Å². The number of nitrogens with zero attached hydrogens (tertiary/aromatic N) is 2. The van der Waals surface area contributed by atoms with Gasteiger partial charge in [-0.15, -0.1) is 0 Å². The van der Waals surface area contributed by atoms with Crippen molar-refractivity contribution in [3.63, 3.8) is 0 Å². The van der Waals surface area contributed by atoms with Crippen LogP contribution in [0.3, 0.4) is 0 Å². The predicted molar refractivity (Wildman–Crippen MR) is 72.6 cm³/mol. The highest BCUT2D eigenvalue weighted by Gasteiger charge is 2.24. The first-order valence-corrected chi connectivity index (χ1v) is 6.39. The summed E-state index contributed by atoms with van der Waals surface area (Å²) in [5.74, 6) is -1.06. The number of nitrogens with two attached hydrogens (primary N) is 1. The number of carboxylic acids is 1. The van der Waals surface area contributed by atoms with Crippen LogP contribution < -0.4 is 11.2 Å². The van der Waals surface area contributed by atoms with Crippen LogP contribution in [0.1, 0.15) is 47.7 Å². The number of aromatic nitrogens is 1. The molecule has 106 valence electrons. The molecule has 0 radical (unpaired) electrons. The molecule has 1 aromatic rings. The zero-order valence-electron chi connectivity index (χ0n) is 10.9. The zero-order chi connectivity index (χ0) is 14.5. The Morgan fingerprint density at radius 1 is 1.45 bits per heavy atom. The Kier molecular flexibility index (Phi) is 4.29. The van der Waals surface area contributed by atoms with E-state index in [1.165, 1.54) is 12.3 Å². The topological polar surface area (TPSA) is 118 Å². The van der Waals surface area contributed by atoms with Crippen molar-refractivity contribution in [1.29, 1.82) is 0 Å². The summed E-state index contributed by atoms with van der Waals surface area (Å²) in [5, 5.41) is 13.0. The molecule has 0 saturated heterocycles. The fourth-order valence-corrected chi connectivity index (χ4v) is 2.35. The SMILES string of the molecule is NC(=O)NN=C1CCCCC1c1cc(C(=O)O)ccn1. The number of hydrogen-bond donors (Lipinski definition) is 3. The number of amides is 2. The maximum atomic E-state index is 11.0. The van der Waals surface area contributed by atoms with E-state index in [0.29, 0.717) is 5.69 Å². The molecule has 7 heteroatoms. The number of urea groups is 1. The van der Waals surface area contributed by atoms with Gasteiger partial charge in [0.1, 0.15) is 0 Å². The van der Waals surface area contributed by atoms with Crippen LogP contribution in [0, 0.1) is 0 Å². The molecule has 0 bridgehead atoms. The van der Waals surface area contributed by atoms with Gasteiger partial charge >= 0.3 is 12.0 Å². The van der Waals surface area contributed by atoms with Crippen molar-refractivity contribution in [2.24, 2.45) is 10.8 Å². The lowest BCUT2D eigenvalue weighted by Gasteiger charge is -2.23. The number of pyridine rings is 1. The quantitative estimate of drug-likeness (QED) is 0.724. The van der Waals surface area contributed by atoms with Crippen molar-refractivity contribution in [2.45, 2.75) is 31.6 Å². The molecule has 4 N–H and O–H groups in total. The molecule has 1 unspecified atom stereocenters. The first-order chi connectivity index (χ1) is 9.58. The monoisotopic (exact) mass is 276 g/mol. The summed E-state index contributed by atoms with van der Waals surface area (Å²) in [6.45, 7) is 0. The van der Waals surface area contributed by atoms with Gasteiger partial charge in [-0.25, -0.2) is 15.0 Å². The summed E-state index contributed by atoms with van der Waals surface area (Å²) in [4.78, 5) is 26.0. The third kappa shape index (κ3) is 3.31. The van der Waals surface area contributed by atoms with E-state index in [1.54, 1.807) is 6.07 Å². The molecule has 1 saturated carbocycles. The average molecular weight is 276 g/mol. The number of carbonyl (C=O) groups is 2. The number of carbonyl (C=O) groups excluding carboxylic acids is 1. The highest BCUT2D eigenvalue weighted by molar-refractivity contribution is 5.93. The van der Waals surface area contributed by atoms with Gasteiger partial charge in [0.25, 0.3) is 0 Å². The number of nitrogens with one attached hydrogen (secondary N) is 1. The molecule has 2 rings (SSSR count). The van der Waals surface area contributed by atoms with Crippen LogP contribution >= 0.6 is 0 Å². The Bertz CT molecular complexity index is 556. The van der Waals surface area contributed by atoms with Gasteiger partial charge in [-0.05, 0) is 31.4 Å². The van der Waals surface area contributed by atoms with E-state index >= 15 is 0 Å². The molecule has 20 heavy (non-hydrogen) atoms. The molecule has 7 nitrogen and oxygen atoms in total. The lowest BCUT2D eigenvalue weighted by atomic mass is 9.84. The van der Waals surface area contributed by atoms with Crippen LogP contribution in [0.25, 0.3) is 0 Å². The molecular weight excluding hydrogens is 260 g/mol. The molecule has 2 amide bonds. The van der Waals surface area contributed by atoms with Crippen LogP contribution in [0.15, 0.2) is 23.4 Å². The summed E-state index contributed by atoms with van der Waals surface area (Å²) in [5.41, 5.74) is 8.88. The second-order valence-electron chi connectivity index (χ2n) is 4.65. The number of hydrazone groups is 1. The largest absolute Gasteiger partial charge is 0.478 e. The fraction of sp³-hybridized carbons (Fsp3) is 0.385. The van der Waals surface area contributed by atoms with Crippen LogP contribution in [0.5, 0.6) is 0 Å². The minimum atomic E-state index is -0.988. The van der Waals surface area contributed by atoms with E-state index in [-0.39, 0.29) is 11.5 Å². The smallest absolute Gasteiger partial charge is 0.335 e. The highest BCUT2D eigenvalue weighted by Crippen LogP contribution is 2.30. The Labute approximate surface area is 115 Å². The Morgan fingerprint density at radius 3 is 2.95 bits per heavy atom. The van der Waals surface area contributed by atoms with Crippen molar-refractivity contribution in [1.82, 2.24) is 10.4 Å². The number of hydrogen-bond acceptors (Lipinski definition) is 4. The molecule has 1 aromatic heterocycles. The maximum Gasteiger partial charge on any atom is 0.335 e. The Morgan fingerprint density at radius 2 is 2.25 bits per heavy atom. The lowest BCUT2D eigenvalue weighted by molar-refractivity contribution is 0.0696. The number of aromatic carboxylic acids is 1. The molecule has 1 aliphatic carbocycles. The van der Waals surface area contributed by atoms with Gasteiger partial charge in [-0.2, -0.15) is 5.10 Å². The first-order valence-electron chi connectivity index (χ1n) is 6.39. The zero-order valence-corrected chi connectivity index (χ0v) is 10.9. The van der Waals surface area contributed by atoms with Gasteiger partial charge in [-0.1, -0.05) is 6.42 Å². The summed E-state index contributed by atoms with van der Waals surface area (Å²) in [6.07, 6.45) is 5.04. The second kappa shape index (κ2) is 6.14. The second-order valence-corrected chi connectivity index (χ2v) is 4.65. The van der Waals surface area contributed by atoms with E-state index < -0.39 is 12.0 Å². The standard InChI is InChI=1S/C13H16N4O3/c14-13(20)17-16-10-4-2-1-3-9(10)11-7-8(12(18)19)5-6-15-11/h5-7,9H,1-4H2,(H,18,19)(H3,14,17,20). The normalized spacial score (nSPS) is 20.6. The molecule has 1 heterocycles. The third-order valence-electron chi connectivity index (χ3n) is 3.27. The van der Waals surface area contributed by atoms with E-state index in [9.17, 15) is 9.59 Å². The van der Waals surface area contributed by atoms with Gasteiger partial charge in [0.2, 0.25) is 0 Å². The molecular formula is C13H16N4O3. The fourth-order valence-electron chi connectivity index (χ4n) is 2.35. The van der Waals surface area contributed by atoms with Crippen molar-refractivity contribution >= 4 is 17.7 Å².